The van der Waals surface area contributed by atoms with Crippen molar-refractivity contribution in [3.8, 4) is 0 Å². The summed E-state index contributed by atoms with van der Waals surface area (Å²) in [5, 5.41) is 16.6. The summed E-state index contributed by atoms with van der Waals surface area (Å²) in [5.41, 5.74) is 3.62. The lowest BCUT2D eigenvalue weighted by Crippen LogP contribution is -2.44. The lowest BCUT2D eigenvalue weighted by Gasteiger charge is -2.32. The number of amides is 2. The standard InChI is InChI=1S/C29H33N5O4/c35-26(10-9-23-8-7-19-5-3-13-30-28(19)32-23)34-14-11-20(12-15-34)29(38)33-25(17-27(36)37)22-16-21-4-1-2-6-24(21)31-18-22/h1-2,4,6-8,16,18,20,25H,3,5,9-15,17H2,(H,30,32)(H,33,38)(H,36,37)/t25-/m0/s1. The molecule has 9 nitrogen and oxygen atoms in total. The number of piperidine rings is 1. The molecule has 9 heteroatoms. The Balaban J connectivity index is 1.14. The highest BCUT2D eigenvalue weighted by atomic mass is 16.4. The summed E-state index contributed by atoms with van der Waals surface area (Å²) in [7, 11) is 0. The molecule has 38 heavy (non-hydrogen) atoms. The van der Waals surface area contributed by atoms with Crippen LogP contribution < -0.4 is 10.6 Å². The van der Waals surface area contributed by atoms with Gasteiger partial charge in [0.25, 0.3) is 0 Å². The van der Waals surface area contributed by atoms with Crippen LogP contribution in [0.3, 0.4) is 0 Å². The molecule has 4 heterocycles. The van der Waals surface area contributed by atoms with Crippen molar-refractivity contribution in [3.63, 3.8) is 0 Å². The molecule has 3 aromatic rings. The number of aromatic nitrogens is 2. The van der Waals surface area contributed by atoms with Crippen molar-refractivity contribution in [1.82, 2.24) is 20.2 Å². The molecule has 1 fully saturated rings. The highest BCUT2D eigenvalue weighted by molar-refractivity contribution is 5.82. The molecule has 0 unspecified atom stereocenters. The average molecular weight is 516 g/mol. The number of nitrogens with zero attached hydrogens (tertiary/aromatic N) is 3. The van der Waals surface area contributed by atoms with Gasteiger partial charge < -0.3 is 20.6 Å². The Morgan fingerprint density at radius 2 is 1.95 bits per heavy atom. The molecule has 1 saturated heterocycles. The Morgan fingerprint density at radius 1 is 1.13 bits per heavy atom. The first-order valence-corrected chi connectivity index (χ1v) is 13.3. The summed E-state index contributed by atoms with van der Waals surface area (Å²) in [6, 6.07) is 12.9. The monoisotopic (exact) mass is 515 g/mol. The predicted molar refractivity (Wildman–Crippen MR) is 144 cm³/mol. The molecular weight excluding hydrogens is 482 g/mol. The van der Waals surface area contributed by atoms with Crippen molar-refractivity contribution >= 4 is 34.5 Å². The van der Waals surface area contributed by atoms with Crippen LogP contribution in [-0.2, 0) is 27.2 Å². The van der Waals surface area contributed by atoms with Gasteiger partial charge in [-0.05, 0) is 61.4 Å². The van der Waals surface area contributed by atoms with Crippen molar-refractivity contribution < 1.29 is 19.5 Å². The van der Waals surface area contributed by atoms with Crippen molar-refractivity contribution in [3.05, 3.63) is 65.5 Å². The number of carbonyl (C=O) groups is 3. The minimum Gasteiger partial charge on any atom is -0.481 e. The molecule has 0 saturated carbocycles. The first-order valence-electron chi connectivity index (χ1n) is 13.3. The highest BCUT2D eigenvalue weighted by Gasteiger charge is 2.29. The predicted octanol–water partition coefficient (Wildman–Crippen LogP) is 3.49. The number of pyridine rings is 2. The number of hydrogen-bond acceptors (Lipinski definition) is 6. The lowest BCUT2D eigenvalue weighted by molar-refractivity contribution is -0.139. The molecule has 3 N–H and O–H groups in total. The summed E-state index contributed by atoms with van der Waals surface area (Å²) in [4.78, 5) is 48.4. The number of aliphatic carboxylic acids is 1. The van der Waals surface area contributed by atoms with E-state index >= 15 is 0 Å². The molecule has 1 aromatic carbocycles. The number of para-hydroxylation sites is 1. The zero-order chi connectivity index (χ0) is 26.5. The number of carboxylic acids is 1. The van der Waals surface area contributed by atoms with Crippen LogP contribution in [0.25, 0.3) is 10.9 Å². The van der Waals surface area contributed by atoms with Gasteiger partial charge in [0.05, 0.1) is 18.0 Å². The molecule has 1 atom stereocenters. The van der Waals surface area contributed by atoms with E-state index in [1.165, 1.54) is 5.56 Å². The molecule has 0 radical (unpaired) electrons. The maximum Gasteiger partial charge on any atom is 0.305 e. The fourth-order valence-corrected chi connectivity index (χ4v) is 5.29. The summed E-state index contributed by atoms with van der Waals surface area (Å²) in [6.07, 6.45) is 5.63. The van der Waals surface area contributed by atoms with Crippen LogP contribution in [0.4, 0.5) is 5.82 Å². The largest absolute Gasteiger partial charge is 0.481 e. The Bertz CT molecular complexity index is 1340. The normalized spacial score (nSPS) is 16.4. The van der Waals surface area contributed by atoms with E-state index in [9.17, 15) is 19.5 Å². The van der Waals surface area contributed by atoms with Gasteiger partial charge in [-0.25, -0.2) is 4.98 Å². The van der Waals surface area contributed by atoms with Crippen LogP contribution in [0.2, 0.25) is 0 Å². The second kappa shape index (κ2) is 11.6. The van der Waals surface area contributed by atoms with E-state index in [2.05, 4.69) is 26.7 Å². The van der Waals surface area contributed by atoms with E-state index in [-0.39, 0.29) is 24.2 Å². The molecule has 5 rings (SSSR count). The molecule has 2 amide bonds. The number of hydrogen-bond donors (Lipinski definition) is 3. The smallest absolute Gasteiger partial charge is 0.305 e. The van der Waals surface area contributed by atoms with Gasteiger partial charge in [-0.15, -0.1) is 0 Å². The summed E-state index contributed by atoms with van der Waals surface area (Å²) in [5.74, 6) is -0.427. The number of carbonyl (C=O) groups excluding carboxylic acids is 2. The summed E-state index contributed by atoms with van der Waals surface area (Å²) in [6.45, 7) is 1.95. The van der Waals surface area contributed by atoms with Gasteiger partial charge >= 0.3 is 5.97 Å². The molecule has 198 valence electrons. The minimum atomic E-state index is -0.993. The maximum absolute atomic E-state index is 13.1. The Kier molecular flexibility index (Phi) is 7.81. The Labute approximate surface area is 221 Å². The first kappa shape index (κ1) is 25.6. The third-order valence-electron chi connectivity index (χ3n) is 7.47. The van der Waals surface area contributed by atoms with Gasteiger partial charge in [0, 0.05) is 49.2 Å². The molecule has 0 aliphatic carbocycles. The van der Waals surface area contributed by atoms with Crippen molar-refractivity contribution in [2.24, 2.45) is 5.92 Å². The number of benzene rings is 1. The van der Waals surface area contributed by atoms with Gasteiger partial charge in [-0.3, -0.25) is 19.4 Å². The Morgan fingerprint density at radius 3 is 2.76 bits per heavy atom. The second-order valence-electron chi connectivity index (χ2n) is 10.1. The van der Waals surface area contributed by atoms with Crippen LogP contribution in [0, 0.1) is 5.92 Å². The lowest BCUT2D eigenvalue weighted by atomic mass is 9.94. The van der Waals surface area contributed by atoms with E-state index in [1.807, 2.05) is 41.3 Å². The third kappa shape index (κ3) is 6.10. The number of carboxylic acid groups (broad SMARTS) is 1. The fraction of sp³-hybridized carbons (Fsp3) is 0.414. The number of rotatable bonds is 8. The van der Waals surface area contributed by atoms with Crippen LogP contribution in [0.15, 0.2) is 48.7 Å². The van der Waals surface area contributed by atoms with Gasteiger partial charge in [-0.1, -0.05) is 24.3 Å². The Hall–Kier alpha value is -4.01. The number of nitrogens with one attached hydrogen (secondary N) is 2. The van der Waals surface area contributed by atoms with Crippen LogP contribution in [-0.4, -0.2) is 57.4 Å². The molecule has 2 aliphatic rings. The van der Waals surface area contributed by atoms with E-state index in [4.69, 9.17) is 0 Å². The van der Waals surface area contributed by atoms with Crippen LogP contribution in [0.5, 0.6) is 0 Å². The number of fused-ring (bicyclic) bond motifs is 2. The van der Waals surface area contributed by atoms with E-state index in [1.54, 1.807) is 6.20 Å². The first-order chi connectivity index (χ1) is 18.5. The highest BCUT2D eigenvalue weighted by Crippen LogP contribution is 2.25. The van der Waals surface area contributed by atoms with E-state index < -0.39 is 12.0 Å². The number of aryl methyl sites for hydroxylation is 2. The zero-order valence-electron chi connectivity index (χ0n) is 21.4. The quantitative estimate of drug-likeness (QED) is 0.419. The van der Waals surface area contributed by atoms with Gasteiger partial charge in [0.15, 0.2) is 0 Å². The van der Waals surface area contributed by atoms with Crippen molar-refractivity contribution in [2.45, 2.75) is 51.0 Å². The zero-order valence-corrected chi connectivity index (χ0v) is 21.4. The minimum absolute atomic E-state index is 0.0716. The summed E-state index contributed by atoms with van der Waals surface area (Å²) < 4.78 is 0. The molecular formula is C29H33N5O4. The van der Waals surface area contributed by atoms with Gasteiger partial charge in [0.2, 0.25) is 11.8 Å². The molecule has 0 bridgehead atoms. The maximum atomic E-state index is 13.1. The second-order valence-corrected chi connectivity index (χ2v) is 10.1. The number of anilines is 1. The summed E-state index contributed by atoms with van der Waals surface area (Å²) >= 11 is 0. The average Bonchev–Trinajstić information content (AvgIpc) is 2.95. The van der Waals surface area contributed by atoms with Crippen molar-refractivity contribution in [1.29, 1.82) is 0 Å². The van der Waals surface area contributed by atoms with Gasteiger partial charge in [0.1, 0.15) is 5.82 Å². The SMILES string of the molecule is O=C(O)C[C@H](NC(=O)C1CCN(C(=O)CCc2ccc3c(n2)NCCC3)CC1)c1cnc2ccccc2c1. The fourth-order valence-electron chi connectivity index (χ4n) is 5.29. The third-order valence-corrected chi connectivity index (χ3v) is 7.47. The number of likely N-dealkylation sites (tertiary alicyclic amines) is 1. The molecule has 2 aliphatic heterocycles. The van der Waals surface area contributed by atoms with Crippen LogP contribution in [0.1, 0.15) is 55.0 Å². The van der Waals surface area contributed by atoms with Crippen molar-refractivity contribution in [2.75, 3.05) is 25.0 Å². The van der Waals surface area contributed by atoms with E-state index in [0.29, 0.717) is 44.3 Å². The van der Waals surface area contributed by atoms with Crippen LogP contribution >= 0.6 is 0 Å². The molecule has 2 aromatic heterocycles. The van der Waals surface area contributed by atoms with Gasteiger partial charge in [-0.2, -0.15) is 0 Å². The topological polar surface area (TPSA) is 125 Å². The van der Waals surface area contributed by atoms with E-state index in [0.717, 1.165) is 41.8 Å². The molecule has 0 spiro atoms.